The first-order valence-electron chi connectivity index (χ1n) is 8.12. The second kappa shape index (κ2) is 6.40. The Morgan fingerprint density at radius 3 is 2.19 bits per heavy atom. The van der Waals surface area contributed by atoms with E-state index in [1.807, 2.05) is 0 Å². The topological polar surface area (TPSA) is 58.0 Å². The van der Waals surface area contributed by atoms with Crippen LogP contribution in [0.5, 0.6) is 0 Å². The molecule has 6 nitrogen and oxygen atoms in total. The predicted molar refractivity (Wildman–Crippen MR) is 91.0 cm³/mol. The largest absolute Gasteiger partial charge is 0.433 e. The summed E-state index contributed by atoms with van der Waals surface area (Å²) < 4.78 is 38.6. The van der Waals surface area contributed by atoms with Crippen molar-refractivity contribution in [2.75, 3.05) is 36.0 Å². The zero-order chi connectivity index (χ0) is 18.1. The lowest BCUT2D eigenvalue weighted by Crippen LogP contribution is -2.47. The fourth-order valence-electron chi connectivity index (χ4n) is 3.02. The second-order valence-electron chi connectivity index (χ2n) is 5.92. The molecule has 9 heteroatoms. The SMILES string of the molecule is FC(F)(F)c1ccc2c(N3CCN(c4ncccn4)CC3)nccc2n1. The first-order valence-corrected chi connectivity index (χ1v) is 8.12. The minimum atomic E-state index is -4.46. The van der Waals surface area contributed by atoms with E-state index in [2.05, 4.69) is 29.7 Å². The molecule has 1 fully saturated rings. The van der Waals surface area contributed by atoms with Gasteiger partial charge in [0.05, 0.1) is 5.52 Å². The normalized spacial score (nSPS) is 15.5. The third-order valence-corrected chi connectivity index (χ3v) is 4.30. The van der Waals surface area contributed by atoms with Gasteiger partial charge in [-0.15, -0.1) is 0 Å². The summed E-state index contributed by atoms with van der Waals surface area (Å²) in [6.07, 6.45) is 0.437. The van der Waals surface area contributed by atoms with Crippen molar-refractivity contribution in [3.8, 4) is 0 Å². The van der Waals surface area contributed by atoms with E-state index in [1.165, 1.54) is 18.3 Å². The summed E-state index contributed by atoms with van der Waals surface area (Å²) in [4.78, 5) is 20.7. The van der Waals surface area contributed by atoms with Gasteiger partial charge < -0.3 is 9.80 Å². The Kier molecular flexibility index (Phi) is 4.06. The van der Waals surface area contributed by atoms with E-state index in [0.29, 0.717) is 48.8 Å². The number of hydrogen-bond acceptors (Lipinski definition) is 6. The molecular formula is C17H15F3N6. The van der Waals surface area contributed by atoms with Crippen LogP contribution in [0.1, 0.15) is 5.69 Å². The summed E-state index contributed by atoms with van der Waals surface area (Å²) in [6.45, 7) is 2.75. The summed E-state index contributed by atoms with van der Waals surface area (Å²) in [6, 6.07) is 5.71. The fraction of sp³-hybridized carbons (Fsp3) is 0.294. The molecule has 0 aromatic carbocycles. The van der Waals surface area contributed by atoms with Crippen molar-refractivity contribution in [3.63, 3.8) is 0 Å². The molecule has 1 aliphatic rings. The van der Waals surface area contributed by atoms with Crippen LogP contribution >= 0.6 is 0 Å². The van der Waals surface area contributed by atoms with Gasteiger partial charge in [-0.1, -0.05) is 0 Å². The van der Waals surface area contributed by atoms with Crippen molar-refractivity contribution in [1.82, 2.24) is 19.9 Å². The average Bonchev–Trinajstić information content (AvgIpc) is 2.67. The van der Waals surface area contributed by atoms with Gasteiger partial charge in [0, 0.05) is 50.2 Å². The van der Waals surface area contributed by atoms with Gasteiger partial charge in [-0.3, -0.25) is 0 Å². The monoisotopic (exact) mass is 360 g/mol. The van der Waals surface area contributed by atoms with Crippen molar-refractivity contribution in [1.29, 1.82) is 0 Å². The molecule has 1 aliphatic heterocycles. The van der Waals surface area contributed by atoms with Gasteiger partial charge in [-0.25, -0.2) is 19.9 Å². The lowest BCUT2D eigenvalue weighted by molar-refractivity contribution is -0.140. The summed E-state index contributed by atoms with van der Waals surface area (Å²) in [5.41, 5.74) is -0.605. The Hall–Kier alpha value is -2.97. The van der Waals surface area contributed by atoms with E-state index in [4.69, 9.17) is 0 Å². The van der Waals surface area contributed by atoms with Gasteiger partial charge in [-0.2, -0.15) is 13.2 Å². The number of aromatic nitrogens is 4. The van der Waals surface area contributed by atoms with Crippen LogP contribution in [0.3, 0.4) is 0 Å². The van der Waals surface area contributed by atoms with E-state index < -0.39 is 11.9 Å². The number of anilines is 2. The predicted octanol–water partition coefficient (Wildman–Crippen LogP) is 2.77. The van der Waals surface area contributed by atoms with Crippen LogP contribution in [-0.2, 0) is 6.18 Å². The molecule has 1 saturated heterocycles. The molecule has 0 spiro atoms. The zero-order valence-electron chi connectivity index (χ0n) is 13.7. The number of rotatable bonds is 2. The van der Waals surface area contributed by atoms with Gasteiger partial charge in [-0.05, 0) is 24.3 Å². The summed E-state index contributed by atoms with van der Waals surface area (Å²) in [5, 5.41) is 0.616. The van der Waals surface area contributed by atoms with Crippen LogP contribution in [0.2, 0.25) is 0 Å². The van der Waals surface area contributed by atoms with Gasteiger partial charge in [0.15, 0.2) is 0 Å². The van der Waals surface area contributed by atoms with Crippen LogP contribution < -0.4 is 9.80 Å². The van der Waals surface area contributed by atoms with Crippen molar-refractivity contribution < 1.29 is 13.2 Å². The van der Waals surface area contributed by atoms with E-state index in [1.54, 1.807) is 18.5 Å². The molecule has 3 aromatic rings. The fourth-order valence-corrected chi connectivity index (χ4v) is 3.02. The average molecular weight is 360 g/mol. The first-order chi connectivity index (χ1) is 12.5. The number of nitrogens with zero attached hydrogens (tertiary/aromatic N) is 6. The lowest BCUT2D eigenvalue weighted by Gasteiger charge is -2.35. The van der Waals surface area contributed by atoms with Crippen LogP contribution in [0, 0.1) is 0 Å². The molecule has 0 atom stereocenters. The number of pyridine rings is 2. The highest BCUT2D eigenvalue weighted by Gasteiger charge is 2.32. The number of alkyl halides is 3. The molecule has 3 aromatic heterocycles. The molecule has 0 aliphatic carbocycles. The van der Waals surface area contributed by atoms with E-state index in [9.17, 15) is 13.2 Å². The quantitative estimate of drug-likeness (QED) is 0.700. The van der Waals surface area contributed by atoms with Crippen molar-refractivity contribution in [3.05, 3.63) is 48.5 Å². The van der Waals surface area contributed by atoms with Gasteiger partial charge in [0.1, 0.15) is 11.5 Å². The molecule has 0 radical (unpaired) electrons. The highest BCUT2D eigenvalue weighted by molar-refractivity contribution is 5.89. The smallest absolute Gasteiger partial charge is 0.353 e. The van der Waals surface area contributed by atoms with Crippen LogP contribution in [-0.4, -0.2) is 46.1 Å². The maximum atomic E-state index is 12.9. The molecule has 0 amide bonds. The Labute approximate surface area is 147 Å². The molecular weight excluding hydrogens is 345 g/mol. The van der Waals surface area contributed by atoms with E-state index in [0.717, 1.165) is 6.07 Å². The van der Waals surface area contributed by atoms with Gasteiger partial charge in [0.25, 0.3) is 0 Å². The Bertz CT molecular complexity index is 907. The lowest BCUT2D eigenvalue weighted by atomic mass is 10.2. The number of halogens is 3. The molecule has 26 heavy (non-hydrogen) atoms. The molecule has 4 heterocycles. The first kappa shape index (κ1) is 16.5. The maximum Gasteiger partial charge on any atom is 0.433 e. The molecule has 0 bridgehead atoms. The standard InChI is InChI=1S/C17H15F3N6/c18-17(19,20)14-3-2-12-13(24-14)4-7-21-15(12)25-8-10-26(11-9-25)16-22-5-1-6-23-16/h1-7H,8-11H2. The number of piperazine rings is 1. The minimum absolute atomic E-state index is 0.290. The third kappa shape index (κ3) is 3.12. The van der Waals surface area contributed by atoms with Crippen LogP contribution in [0.15, 0.2) is 42.9 Å². The van der Waals surface area contributed by atoms with E-state index in [-0.39, 0.29) is 0 Å². The van der Waals surface area contributed by atoms with Gasteiger partial charge in [0.2, 0.25) is 5.95 Å². The third-order valence-electron chi connectivity index (χ3n) is 4.30. The Morgan fingerprint density at radius 1 is 0.808 bits per heavy atom. The Balaban J connectivity index is 1.58. The van der Waals surface area contributed by atoms with Crippen molar-refractivity contribution in [2.24, 2.45) is 0 Å². The zero-order valence-corrected chi connectivity index (χ0v) is 13.7. The van der Waals surface area contributed by atoms with Crippen LogP contribution in [0.25, 0.3) is 10.9 Å². The Morgan fingerprint density at radius 2 is 1.50 bits per heavy atom. The molecule has 0 saturated carbocycles. The maximum absolute atomic E-state index is 12.9. The van der Waals surface area contributed by atoms with Crippen LogP contribution in [0.4, 0.5) is 24.9 Å². The second-order valence-corrected chi connectivity index (χ2v) is 5.92. The highest BCUT2D eigenvalue weighted by atomic mass is 19.4. The molecule has 4 rings (SSSR count). The molecule has 134 valence electrons. The number of hydrogen-bond donors (Lipinski definition) is 0. The molecule has 0 N–H and O–H groups in total. The highest BCUT2D eigenvalue weighted by Crippen LogP contribution is 2.31. The minimum Gasteiger partial charge on any atom is -0.353 e. The summed E-state index contributed by atoms with van der Waals surface area (Å²) in [5.74, 6) is 1.33. The molecule has 0 unspecified atom stereocenters. The van der Waals surface area contributed by atoms with Crippen molar-refractivity contribution in [2.45, 2.75) is 6.18 Å². The van der Waals surface area contributed by atoms with Crippen molar-refractivity contribution >= 4 is 22.7 Å². The summed E-state index contributed by atoms with van der Waals surface area (Å²) in [7, 11) is 0. The summed E-state index contributed by atoms with van der Waals surface area (Å²) >= 11 is 0. The van der Waals surface area contributed by atoms with E-state index >= 15 is 0 Å². The number of fused-ring (bicyclic) bond motifs is 1. The van der Waals surface area contributed by atoms with Gasteiger partial charge >= 0.3 is 6.18 Å².